The molecule has 0 aliphatic carbocycles. The van der Waals surface area contributed by atoms with E-state index in [1.165, 1.54) is 16.0 Å². The molecule has 0 unspecified atom stereocenters. The lowest BCUT2D eigenvalue weighted by atomic mass is 9.98. The van der Waals surface area contributed by atoms with Gasteiger partial charge in [-0.15, -0.1) is 11.3 Å². The van der Waals surface area contributed by atoms with Gasteiger partial charge in [0.1, 0.15) is 0 Å². The van der Waals surface area contributed by atoms with Crippen LogP contribution in [0, 0.1) is 0 Å². The number of nitrogens with zero attached hydrogens (tertiary/aromatic N) is 1. The van der Waals surface area contributed by atoms with Gasteiger partial charge in [0.2, 0.25) is 5.75 Å². The minimum atomic E-state index is -0.178. The number of amides is 1. The quantitative estimate of drug-likeness (QED) is 0.552. The van der Waals surface area contributed by atoms with E-state index in [4.69, 9.17) is 14.2 Å². The summed E-state index contributed by atoms with van der Waals surface area (Å²) >= 11 is 1.72. The second-order valence-corrected chi connectivity index (χ2v) is 8.62. The lowest BCUT2D eigenvalue weighted by molar-refractivity contribution is 0.0928. The number of thiophene rings is 1. The van der Waals surface area contributed by atoms with Crippen molar-refractivity contribution in [2.45, 2.75) is 19.0 Å². The largest absolute Gasteiger partial charge is 0.493 e. The Morgan fingerprint density at radius 1 is 1.03 bits per heavy atom. The summed E-state index contributed by atoms with van der Waals surface area (Å²) in [5, 5.41) is 5.21. The Bertz CT molecular complexity index is 1040. The normalized spacial score (nSPS) is 14.3. The fourth-order valence-electron chi connectivity index (χ4n) is 4.18. The topological polar surface area (TPSA) is 60.0 Å². The monoisotopic (exact) mass is 452 g/mol. The van der Waals surface area contributed by atoms with Crippen molar-refractivity contribution in [2.24, 2.45) is 0 Å². The Morgan fingerprint density at radius 3 is 2.38 bits per heavy atom. The lowest BCUT2D eigenvalue weighted by Gasteiger charge is -2.35. The zero-order chi connectivity index (χ0) is 22.5. The molecule has 1 N–H and O–H groups in total. The third-order valence-corrected chi connectivity index (χ3v) is 6.83. The van der Waals surface area contributed by atoms with E-state index in [-0.39, 0.29) is 11.9 Å². The van der Waals surface area contributed by atoms with Crippen LogP contribution < -0.4 is 19.5 Å². The number of carbonyl (C=O) groups is 1. The van der Waals surface area contributed by atoms with E-state index in [0.29, 0.717) is 29.4 Å². The van der Waals surface area contributed by atoms with E-state index >= 15 is 0 Å². The molecule has 32 heavy (non-hydrogen) atoms. The highest BCUT2D eigenvalue weighted by Crippen LogP contribution is 2.38. The van der Waals surface area contributed by atoms with Crippen molar-refractivity contribution < 1.29 is 19.0 Å². The first kappa shape index (κ1) is 22.2. The Labute approximate surface area is 192 Å². The van der Waals surface area contributed by atoms with Crippen molar-refractivity contribution >= 4 is 17.2 Å². The molecular weight excluding hydrogens is 424 g/mol. The zero-order valence-electron chi connectivity index (χ0n) is 18.6. The molecule has 4 rings (SSSR count). The van der Waals surface area contributed by atoms with Crippen molar-refractivity contribution in [2.75, 3.05) is 34.4 Å². The smallest absolute Gasteiger partial charge is 0.251 e. The summed E-state index contributed by atoms with van der Waals surface area (Å²) in [7, 11) is 4.63. The van der Waals surface area contributed by atoms with Crippen molar-refractivity contribution in [3.05, 3.63) is 75.5 Å². The fraction of sp³-hybridized carbons (Fsp3) is 0.320. The van der Waals surface area contributed by atoms with E-state index < -0.39 is 0 Å². The summed E-state index contributed by atoms with van der Waals surface area (Å²) in [6.07, 6.45) is 1.01. The average Bonchev–Trinajstić information content (AvgIpc) is 3.37. The molecule has 2 heterocycles. The van der Waals surface area contributed by atoms with Gasteiger partial charge in [-0.05, 0) is 41.1 Å². The number of rotatable bonds is 8. The summed E-state index contributed by atoms with van der Waals surface area (Å²) in [6.45, 7) is 2.34. The molecule has 168 valence electrons. The molecule has 1 aliphatic rings. The number of fused-ring (bicyclic) bond motifs is 1. The standard InChI is InChI=1S/C25H28N2O4S/c1-29-21-13-19(14-22(30-2)24(21)31-3)25(28)26-15-20(23-9-6-12-32-23)27-11-10-17-7-4-5-8-18(17)16-27/h4-9,12-14,20H,10-11,15-16H2,1-3H3,(H,26,28)/t20-/m1/s1. The molecule has 1 aromatic heterocycles. The third kappa shape index (κ3) is 4.59. The fourth-order valence-corrected chi connectivity index (χ4v) is 5.04. The van der Waals surface area contributed by atoms with Gasteiger partial charge in [0, 0.05) is 30.1 Å². The van der Waals surface area contributed by atoms with Gasteiger partial charge in [0.15, 0.2) is 11.5 Å². The van der Waals surface area contributed by atoms with Crippen LogP contribution in [0.4, 0.5) is 0 Å². The van der Waals surface area contributed by atoms with Crippen molar-refractivity contribution in [1.82, 2.24) is 10.2 Å². The van der Waals surface area contributed by atoms with Crippen molar-refractivity contribution in [1.29, 1.82) is 0 Å². The van der Waals surface area contributed by atoms with Crippen LogP contribution >= 0.6 is 11.3 Å². The molecule has 0 radical (unpaired) electrons. The second-order valence-electron chi connectivity index (χ2n) is 7.64. The molecule has 1 amide bonds. The van der Waals surface area contributed by atoms with Gasteiger partial charge in [-0.25, -0.2) is 0 Å². The van der Waals surface area contributed by atoms with Crippen molar-refractivity contribution in [3.8, 4) is 17.2 Å². The van der Waals surface area contributed by atoms with Gasteiger partial charge in [-0.2, -0.15) is 0 Å². The van der Waals surface area contributed by atoms with Crippen LogP contribution in [0.25, 0.3) is 0 Å². The molecule has 0 saturated carbocycles. The summed E-state index contributed by atoms with van der Waals surface area (Å²) in [4.78, 5) is 16.8. The molecule has 2 aromatic carbocycles. The lowest BCUT2D eigenvalue weighted by Crippen LogP contribution is -2.40. The summed E-state index contributed by atoms with van der Waals surface area (Å²) in [6, 6.07) is 16.3. The number of carbonyl (C=O) groups excluding carboxylic acids is 1. The van der Waals surface area contributed by atoms with Crippen LogP contribution in [-0.2, 0) is 13.0 Å². The molecule has 1 atom stereocenters. The molecule has 0 fully saturated rings. The molecular formula is C25H28N2O4S. The number of ether oxygens (including phenoxy) is 3. The highest BCUT2D eigenvalue weighted by atomic mass is 32.1. The van der Waals surface area contributed by atoms with Gasteiger partial charge < -0.3 is 19.5 Å². The van der Waals surface area contributed by atoms with E-state index in [9.17, 15) is 4.79 Å². The van der Waals surface area contributed by atoms with Gasteiger partial charge in [-0.1, -0.05) is 30.3 Å². The van der Waals surface area contributed by atoms with Crippen molar-refractivity contribution in [3.63, 3.8) is 0 Å². The van der Waals surface area contributed by atoms with Crippen LogP contribution in [0.3, 0.4) is 0 Å². The Balaban J connectivity index is 1.53. The summed E-state index contributed by atoms with van der Waals surface area (Å²) < 4.78 is 16.1. The number of hydrogen-bond acceptors (Lipinski definition) is 6. The molecule has 0 saturated heterocycles. The molecule has 1 aliphatic heterocycles. The van der Waals surface area contributed by atoms with Crippen LogP contribution in [0.15, 0.2) is 53.9 Å². The highest BCUT2D eigenvalue weighted by molar-refractivity contribution is 7.10. The van der Waals surface area contributed by atoms with E-state index in [1.54, 1.807) is 44.8 Å². The first-order valence-electron chi connectivity index (χ1n) is 10.6. The molecule has 7 heteroatoms. The predicted octanol–water partition coefficient (Wildman–Crippen LogP) is 4.30. The summed E-state index contributed by atoms with van der Waals surface area (Å²) in [5.41, 5.74) is 3.24. The Morgan fingerprint density at radius 2 is 1.75 bits per heavy atom. The van der Waals surface area contributed by atoms with Crippen LogP contribution in [0.2, 0.25) is 0 Å². The molecule has 3 aromatic rings. The first-order chi connectivity index (χ1) is 15.6. The third-order valence-electron chi connectivity index (χ3n) is 5.86. The molecule has 6 nitrogen and oxygen atoms in total. The Hall–Kier alpha value is -3.03. The number of methoxy groups -OCH3 is 3. The van der Waals surface area contributed by atoms with E-state index in [0.717, 1.165) is 19.5 Å². The maximum Gasteiger partial charge on any atom is 0.251 e. The predicted molar refractivity (Wildman–Crippen MR) is 126 cm³/mol. The van der Waals surface area contributed by atoms with Gasteiger partial charge in [-0.3, -0.25) is 9.69 Å². The number of nitrogens with one attached hydrogen (secondary N) is 1. The minimum absolute atomic E-state index is 0.106. The first-order valence-corrected chi connectivity index (χ1v) is 11.4. The maximum absolute atomic E-state index is 13.1. The van der Waals surface area contributed by atoms with E-state index in [1.807, 2.05) is 0 Å². The average molecular weight is 453 g/mol. The summed E-state index contributed by atoms with van der Waals surface area (Å²) in [5.74, 6) is 1.21. The van der Waals surface area contributed by atoms with Gasteiger partial charge >= 0.3 is 0 Å². The number of hydrogen-bond donors (Lipinski definition) is 1. The highest BCUT2D eigenvalue weighted by Gasteiger charge is 2.26. The van der Waals surface area contributed by atoms with E-state index in [2.05, 4.69) is 52.0 Å². The van der Waals surface area contributed by atoms with Crippen LogP contribution in [0.1, 0.15) is 32.4 Å². The molecule has 0 spiro atoms. The second kappa shape index (κ2) is 10.1. The van der Waals surface area contributed by atoms with Crippen LogP contribution in [0.5, 0.6) is 17.2 Å². The van der Waals surface area contributed by atoms with Gasteiger partial charge in [0.25, 0.3) is 5.91 Å². The van der Waals surface area contributed by atoms with Crippen LogP contribution in [-0.4, -0.2) is 45.2 Å². The zero-order valence-corrected chi connectivity index (χ0v) is 19.4. The molecule has 0 bridgehead atoms. The maximum atomic E-state index is 13.1. The van der Waals surface area contributed by atoms with Gasteiger partial charge in [0.05, 0.1) is 27.4 Å². The Kier molecular flexibility index (Phi) is 6.97. The number of benzene rings is 2. The SMILES string of the molecule is COc1cc(C(=O)NC[C@H](c2cccs2)N2CCc3ccccc3C2)cc(OC)c1OC. The minimum Gasteiger partial charge on any atom is -0.493 e.